The monoisotopic (exact) mass is 392 g/mol. The largest absolute Gasteiger partial charge is 0.327 e. The summed E-state index contributed by atoms with van der Waals surface area (Å²) in [6, 6.07) is 10.2. The first-order valence-corrected chi connectivity index (χ1v) is 9.01. The van der Waals surface area contributed by atoms with E-state index < -0.39 is 35.1 Å². The molecular weight excluding hydrogens is 371 g/mol. The molecular formula is C20H21F3N3O2+. The maximum atomic E-state index is 13.7. The van der Waals surface area contributed by atoms with Crippen LogP contribution in [0.1, 0.15) is 17.3 Å². The van der Waals surface area contributed by atoms with Crippen LogP contribution in [-0.4, -0.2) is 48.9 Å². The van der Waals surface area contributed by atoms with E-state index in [-0.39, 0.29) is 5.91 Å². The van der Waals surface area contributed by atoms with Crippen LogP contribution in [0.3, 0.4) is 0 Å². The second-order valence-corrected chi connectivity index (χ2v) is 6.75. The van der Waals surface area contributed by atoms with Crippen molar-refractivity contribution in [2.75, 3.05) is 31.5 Å². The van der Waals surface area contributed by atoms with Gasteiger partial charge in [-0.2, -0.15) is 0 Å². The Bertz CT molecular complexity index is 868. The number of amides is 2. The smallest absolute Gasteiger partial charge is 0.282 e. The minimum absolute atomic E-state index is 0.0550. The zero-order chi connectivity index (χ0) is 20.3. The average molecular weight is 392 g/mol. The van der Waals surface area contributed by atoms with E-state index in [9.17, 15) is 22.8 Å². The minimum Gasteiger partial charge on any atom is -0.327 e. The van der Waals surface area contributed by atoms with Gasteiger partial charge in [-0.15, -0.1) is 0 Å². The Labute approximate surface area is 160 Å². The molecule has 0 radical (unpaired) electrons. The molecule has 28 heavy (non-hydrogen) atoms. The van der Waals surface area contributed by atoms with E-state index in [0.29, 0.717) is 31.7 Å². The van der Waals surface area contributed by atoms with Crippen molar-refractivity contribution in [2.24, 2.45) is 0 Å². The highest BCUT2D eigenvalue weighted by Gasteiger charge is 2.31. The van der Waals surface area contributed by atoms with E-state index in [1.807, 2.05) is 6.07 Å². The van der Waals surface area contributed by atoms with Crippen molar-refractivity contribution < 1.29 is 27.7 Å². The summed E-state index contributed by atoms with van der Waals surface area (Å²) in [5, 5.41) is 2.31. The summed E-state index contributed by atoms with van der Waals surface area (Å²) in [6.07, 6.45) is 0. The maximum absolute atomic E-state index is 13.7. The predicted octanol–water partition coefficient (Wildman–Crippen LogP) is 1.47. The van der Waals surface area contributed by atoms with Gasteiger partial charge >= 0.3 is 0 Å². The number of anilines is 1. The van der Waals surface area contributed by atoms with Crippen molar-refractivity contribution in [1.82, 2.24) is 4.90 Å². The second kappa shape index (κ2) is 8.43. The van der Waals surface area contributed by atoms with E-state index in [1.54, 1.807) is 36.1 Å². The number of nitrogens with zero attached hydrogens (tertiary/aromatic N) is 1. The first-order valence-electron chi connectivity index (χ1n) is 9.01. The molecule has 1 saturated heterocycles. The molecule has 0 spiro atoms. The lowest BCUT2D eigenvalue weighted by molar-refractivity contribution is -0.917. The quantitative estimate of drug-likeness (QED) is 0.775. The lowest BCUT2D eigenvalue weighted by Crippen LogP contribution is -3.19. The molecule has 2 aromatic carbocycles. The number of halogens is 3. The molecule has 0 saturated carbocycles. The van der Waals surface area contributed by atoms with Gasteiger partial charge in [0.15, 0.2) is 23.5 Å². The number of piperazine rings is 1. The van der Waals surface area contributed by atoms with Crippen molar-refractivity contribution in [1.29, 1.82) is 0 Å². The van der Waals surface area contributed by atoms with E-state index in [1.165, 1.54) is 0 Å². The van der Waals surface area contributed by atoms with Gasteiger partial charge < -0.3 is 15.1 Å². The van der Waals surface area contributed by atoms with Crippen molar-refractivity contribution >= 4 is 17.5 Å². The van der Waals surface area contributed by atoms with E-state index in [2.05, 4.69) is 5.32 Å². The maximum Gasteiger partial charge on any atom is 0.282 e. The third-order valence-electron chi connectivity index (χ3n) is 5.01. The van der Waals surface area contributed by atoms with Gasteiger partial charge in [0.2, 0.25) is 0 Å². The van der Waals surface area contributed by atoms with Crippen molar-refractivity contribution in [2.45, 2.75) is 13.0 Å². The highest BCUT2D eigenvalue weighted by atomic mass is 19.2. The van der Waals surface area contributed by atoms with Crippen molar-refractivity contribution in [3.05, 3.63) is 65.5 Å². The lowest BCUT2D eigenvalue weighted by atomic mass is 10.1. The van der Waals surface area contributed by atoms with Gasteiger partial charge in [-0.3, -0.25) is 9.59 Å². The third-order valence-corrected chi connectivity index (χ3v) is 5.01. The Morgan fingerprint density at radius 3 is 2.29 bits per heavy atom. The van der Waals surface area contributed by atoms with Crippen LogP contribution in [0.4, 0.5) is 18.9 Å². The van der Waals surface area contributed by atoms with Crippen LogP contribution in [0.5, 0.6) is 0 Å². The standard InChI is InChI=1S/C20H20F3N3O2/c1-13(19(27)24-16-8-7-15(21)17(22)18(16)23)25-9-11-26(12-10-25)20(28)14-5-3-2-4-6-14/h2-8,13H,9-12H2,1H3,(H,24,27)/p+1/t13-/m0/s1. The number of carbonyl (C=O) groups is 2. The normalized spacial score (nSPS) is 15.9. The number of hydrogen-bond acceptors (Lipinski definition) is 2. The molecule has 2 aromatic rings. The summed E-state index contributed by atoms with van der Waals surface area (Å²) < 4.78 is 40.1. The summed E-state index contributed by atoms with van der Waals surface area (Å²) in [6.45, 7) is 3.75. The lowest BCUT2D eigenvalue weighted by Gasteiger charge is -2.34. The summed E-state index contributed by atoms with van der Waals surface area (Å²) in [4.78, 5) is 27.5. The van der Waals surface area contributed by atoms with Crippen LogP contribution in [-0.2, 0) is 4.79 Å². The molecule has 0 aromatic heterocycles. The van der Waals surface area contributed by atoms with Crippen LogP contribution >= 0.6 is 0 Å². The zero-order valence-corrected chi connectivity index (χ0v) is 15.3. The first-order chi connectivity index (χ1) is 13.4. The average Bonchev–Trinajstić information content (AvgIpc) is 2.73. The molecule has 3 rings (SSSR count). The molecule has 0 aliphatic carbocycles. The Kier molecular flexibility index (Phi) is 5.99. The molecule has 1 fully saturated rings. The van der Waals surface area contributed by atoms with Gasteiger partial charge in [0, 0.05) is 5.56 Å². The van der Waals surface area contributed by atoms with Crippen molar-refractivity contribution in [3.8, 4) is 0 Å². The first kappa shape index (κ1) is 19.9. The summed E-state index contributed by atoms with van der Waals surface area (Å²) in [5.41, 5.74) is 0.221. The number of rotatable bonds is 4. The molecule has 8 heteroatoms. The van der Waals surface area contributed by atoms with Crippen LogP contribution in [0.15, 0.2) is 42.5 Å². The molecule has 5 nitrogen and oxygen atoms in total. The fourth-order valence-electron chi connectivity index (χ4n) is 3.24. The molecule has 2 amide bonds. The Morgan fingerprint density at radius 2 is 1.64 bits per heavy atom. The van der Waals surface area contributed by atoms with Gasteiger partial charge in [-0.05, 0) is 31.2 Å². The minimum atomic E-state index is -1.62. The van der Waals surface area contributed by atoms with Gasteiger partial charge in [0.25, 0.3) is 11.8 Å². The third kappa shape index (κ3) is 4.17. The van der Waals surface area contributed by atoms with Crippen molar-refractivity contribution in [3.63, 3.8) is 0 Å². The molecule has 1 atom stereocenters. The summed E-state index contributed by atoms with van der Waals surface area (Å²) in [7, 11) is 0. The molecule has 1 aliphatic rings. The number of benzene rings is 2. The Morgan fingerprint density at radius 1 is 1.00 bits per heavy atom. The predicted molar refractivity (Wildman–Crippen MR) is 97.4 cm³/mol. The van der Waals surface area contributed by atoms with Gasteiger partial charge in [-0.25, -0.2) is 13.2 Å². The van der Waals surface area contributed by atoms with Crippen LogP contribution in [0.25, 0.3) is 0 Å². The Hall–Kier alpha value is -2.87. The van der Waals surface area contributed by atoms with E-state index in [0.717, 1.165) is 17.0 Å². The molecule has 148 valence electrons. The number of carbonyl (C=O) groups excluding carboxylic acids is 2. The number of quaternary nitrogens is 1. The SMILES string of the molecule is C[C@@H](C(=O)Nc1ccc(F)c(F)c1F)[NH+]1CCN(C(=O)c2ccccc2)CC1. The van der Waals surface area contributed by atoms with Crippen LogP contribution < -0.4 is 10.2 Å². The van der Waals surface area contributed by atoms with Crippen LogP contribution in [0, 0.1) is 17.5 Å². The van der Waals surface area contributed by atoms with Gasteiger partial charge in [-0.1, -0.05) is 18.2 Å². The molecule has 0 unspecified atom stereocenters. The second-order valence-electron chi connectivity index (χ2n) is 6.75. The highest BCUT2D eigenvalue weighted by Crippen LogP contribution is 2.19. The topological polar surface area (TPSA) is 53.9 Å². The zero-order valence-electron chi connectivity index (χ0n) is 15.3. The molecule has 2 N–H and O–H groups in total. The van der Waals surface area contributed by atoms with E-state index >= 15 is 0 Å². The molecule has 1 heterocycles. The van der Waals surface area contributed by atoms with Crippen LogP contribution in [0.2, 0.25) is 0 Å². The summed E-state index contributed by atoms with van der Waals surface area (Å²) >= 11 is 0. The highest BCUT2D eigenvalue weighted by molar-refractivity contribution is 5.94. The van der Waals surface area contributed by atoms with Gasteiger partial charge in [0.05, 0.1) is 31.9 Å². The van der Waals surface area contributed by atoms with Gasteiger partial charge in [0.1, 0.15) is 0 Å². The van der Waals surface area contributed by atoms with E-state index in [4.69, 9.17) is 0 Å². The fraction of sp³-hybridized carbons (Fsp3) is 0.300. The summed E-state index contributed by atoms with van der Waals surface area (Å²) in [5.74, 6) is -4.91. The fourth-order valence-corrected chi connectivity index (χ4v) is 3.24. The Balaban J connectivity index is 1.57. The molecule has 1 aliphatic heterocycles. The number of hydrogen-bond donors (Lipinski definition) is 2. The molecule has 0 bridgehead atoms. The number of nitrogens with one attached hydrogen (secondary N) is 2.